The van der Waals surface area contributed by atoms with Crippen molar-refractivity contribution >= 4 is 0 Å². The van der Waals surface area contributed by atoms with Crippen molar-refractivity contribution in [2.75, 3.05) is 0 Å². The maximum atomic E-state index is 3.01. The lowest BCUT2D eigenvalue weighted by Crippen LogP contribution is -1.79. The minimum Gasteiger partial charge on any atom is -0.367 e. The van der Waals surface area contributed by atoms with E-state index in [9.17, 15) is 0 Å². The van der Waals surface area contributed by atoms with Crippen LogP contribution in [-0.4, -0.2) is 4.98 Å². The first-order valence-electron chi connectivity index (χ1n) is 5.66. The lowest BCUT2D eigenvalue weighted by Gasteiger charge is -1.96. The van der Waals surface area contributed by atoms with Crippen molar-refractivity contribution in [3.63, 3.8) is 0 Å². The van der Waals surface area contributed by atoms with E-state index in [-0.39, 0.29) is 0 Å². The minimum absolute atomic E-state index is 0.654. The Labute approximate surface area is 89.9 Å². The Morgan fingerprint density at radius 3 is 1.57 bits per heavy atom. The molecule has 0 spiro atoms. The summed E-state index contributed by atoms with van der Waals surface area (Å²) in [7, 11) is 0. The Kier molecular flexibility index (Phi) is 11.6. The molecule has 0 saturated carbocycles. The van der Waals surface area contributed by atoms with Crippen LogP contribution in [0.5, 0.6) is 0 Å². The third-order valence-corrected chi connectivity index (χ3v) is 1.29. The average molecular weight is 197 g/mol. The van der Waals surface area contributed by atoms with E-state index < -0.39 is 0 Å². The Balaban J connectivity index is 0. The van der Waals surface area contributed by atoms with E-state index in [1.807, 2.05) is 26.2 Å². The van der Waals surface area contributed by atoms with Crippen LogP contribution in [0.3, 0.4) is 0 Å². The summed E-state index contributed by atoms with van der Waals surface area (Å²) in [6, 6.07) is 2.10. The average Bonchev–Trinajstić information content (AvgIpc) is 2.58. The highest BCUT2D eigenvalue weighted by Crippen LogP contribution is 2.10. The van der Waals surface area contributed by atoms with Gasteiger partial charge in [-0.25, -0.2) is 0 Å². The molecule has 1 heterocycles. The predicted octanol–water partition coefficient (Wildman–Crippen LogP) is 4.83. The number of hydrogen-bond acceptors (Lipinski definition) is 0. The quantitative estimate of drug-likeness (QED) is 0.664. The fourth-order valence-corrected chi connectivity index (χ4v) is 0.696. The zero-order chi connectivity index (χ0) is 11.6. The molecule has 0 saturated heterocycles. The van der Waals surface area contributed by atoms with Gasteiger partial charge in [0.05, 0.1) is 0 Å². The molecule has 0 radical (unpaired) electrons. The van der Waals surface area contributed by atoms with Crippen molar-refractivity contribution in [1.29, 1.82) is 0 Å². The van der Waals surface area contributed by atoms with Crippen molar-refractivity contribution < 1.29 is 0 Å². The van der Waals surface area contributed by atoms with E-state index in [1.165, 1.54) is 5.56 Å². The third kappa shape index (κ3) is 11.3. The number of rotatable bonds is 1. The second-order valence-electron chi connectivity index (χ2n) is 4.03. The molecule has 14 heavy (non-hydrogen) atoms. The molecule has 1 aromatic heterocycles. The molecular weight excluding hydrogens is 170 g/mol. The van der Waals surface area contributed by atoms with Gasteiger partial charge in [-0.15, -0.1) is 0 Å². The van der Waals surface area contributed by atoms with Gasteiger partial charge in [0.1, 0.15) is 0 Å². The normalized spacial score (nSPS) is 8.93. The highest BCUT2D eigenvalue weighted by atomic mass is 14.6. The molecular formula is C13H27N. The first-order valence-corrected chi connectivity index (χ1v) is 5.66. The van der Waals surface area contributed by atoms with Crippen molar-refractivity contribution in [2.45, 2.75) is 54.4 Å². The van der Waals surface area contributed by atoms with Gasteiger partial charge in [0, 0.05) is 12.4 Å². The second kappa shape index (κ2) is 10.4. The van der Waals surface area contributed by atoms with Gasteiger partial charge < -0.3 is 4.98 Å². The van der Waals surface area contributed by atoms with E-state index in [0.29, 0.717) is 5.92 Å². The molecule has 1 aromatic rings. The van der Waals surface area contributed by atoms with Gasteiger partial charge in [-0.1, -0.05) is 48.5 Å². The van der Waals surface area contributed by atoms with E-state index in [1.54, 1.807) is 0 Å². The summed E-state index contributed by atoms with van der Waals surface area (Å²) >= 11 is 0. The monoisotopic (exact) mass is 197 g/mol. The van der Waals surface area contributed by atoms with Crippen LogP contribution in [0.2, 0.25) is 0 Å². The molecule has 1 rings (SSSR count). The molecule has 0 fully saturated rings. The molecule has 1 heteroatoms. The predicted molar refractivity (Wildman–Crippen MR) is 66.7 cm³/mol. The summed E-state index contributed by atoms with van der Waals surface area (Å²) in [6.45, 7) is 14.9. The molecule has 0 aliphatic carbocycles. The van der Waals surface area contributed by atoms with Gasteiger partial charge in [-0.2, -0.15) is 0 Å². The van der Waals surface area contributed by atoms with Crippen molar-refractivity contribution in [1.82, 2.24) is 4.98 Å². The van der Waals surface area contributed by atoms with Crippen LogP contribution in [0.1, 0.15) is 59.9 Å². The number of H-pyrrole nitrogens is 1. The summed E-state index contributed by atoms with van der Waals surface area (Å²) in [5.74, 6) is 1.49. The van der Waals surface area contributed by atoms with E-state index >= 15 is 0 Å². The summed E-state index contributed by atoms with van der Waals surface area (Å²) in [4.78, 5) is 3.01. The van der Waals surface area contributed by atoms with Gasteiger partial charge in [0.25, 0.3) is 0 Å². The molecule has 0 aliphatic heterocycles. The maximum absolute atomic E-state index is 3.01. The lowest BCUT2D eigenvalue weighted by molar-refractivity contribution is 0.737. The van der Waals surface area contributed by atoms with Gasteiger partial charge in [0.2, 0.25) is 0 Å². The minimum atomic E-state index is 0.654. The molecule has 0 bridgehead atoms. The second-order valence-corrected chi connectivity index (χ2v) is 4.03. The zero-order valence-electron chi connectivity index (χ0n) is 10.9. The van der Waals surface area contributed by atoms with E-state index in [0.717, 1.165) is 5.92 Å². The first kappa shape index (κ1) is 15.7. The third-order valence-electron chi connectivity index (χ3n) is 1.29. The van der Waals surface area contributed by atoms with Gasteiger partial charge in [0.15, 0.2) is 0 Å². The summed E-state index contributed by atoms with van der Waals surface area (Å²) < 4.78 is 0. The van der Waals surface area contributed by atoms with Crippen LogP contribution in [0, 0.1) is 5.92 Å². The molecule has 0 unspecified atom stereocenters. The number of aromatic nitrogens is 1. The molecule has 84 valence electrons. The SMILES string of the molecule is CC.CC(C)C.CC(C)c1cc[nH]c1. The number of nitrogens with one attached hydrogen (secondary N) is 1. The molecule has 0 aromatic carbocycles. The smallest absolute Gasteiger partial charge is 0.00399 e. The van der Waals surface area contributed by atoms with E-state index in [4.69, 9.17) is 0 Å². The Bertz CT molecular complexity index is 170. The molecule has 1 N–H and O–H groups in total. The van der Waals surface area contributed by atoms with Crippen LogP contribution in [0.25, 0.3) is 0 Å². The molecule has 1 nitrogen and oxygen atoms in total. The number of hydrogen-bond donors (Lipinski definition) is 1. The molecule has 0 amide bonds. The van der Waals surface area contributed by atoms with Crippen molar-refractivity contribution in [2.24, 2.45) is 5.92 Å². The first-order chi connectivity index (χ1) is 6.54. The Hall–Kier alpha value is -0.720. The van der Waals surface area contributed by atoms with Crippen LogP contribution < -0.4 is 0 Å². The van der Waals surface area contributed by atoms with Crippen LogP contribution >= 0.6 is 0 Å². The summed E-state index contributed by atoms with van der Waals surface area (Å²) in [5.41, 5.74) is 1.38. The topological polar surface area (TPSA) is 15.8 Å². The largest absolute Gasteiger partial charge is 0.367 e. The summed E-state index contributed by atoms with van der Waals surface area (Å²) in [5, 5.41) is 0. The summed E-state index contributed by atoms with van der Waals surface area (Å²) in [6.07, 6.45) is 3.99. The maximum Gasteiger partial charge on any atom is 0.00399 e. The van der Waals surface area contributed by atoms with Crippen molar-refractivity contribution in [3.8, 4) is 0 Å². The fourth-order valence-electron chi connectivity index (χ4n) is 0.696. The standard InChI is InChI=1S/C7H11N.C4H10.C2H6/c1-6(2)7-3-4-8-5-7;1-4(2)3;1-2/h3-6,8H,1-2H3;4H,1-3H3;1-2H3. The van der Waals surface area contributed by atoms with Crippen LogP contribution in [0.15, 0.2) is 18.5 Å². The van der Waals surface area contributed by atoms with Gasteiger partial charge in [-0.05, 0) is 23.5 Å². The van der Waals surface area contributed by atoms with Crippen LogP contribution in [-0.2, 0) is 0 Å². The van der Waals surface area contributed by atoms with Gasteiger partial charge >= 0.3 is 0 Å². The van der Waals surface area contributed by atoms with Crippen molar-refractivity contribution in [3.05, 3.63) is 24.0 Å². The lowest BCUT2D eigenvalue weighted by atomic mass is 10.1. The Morgan fingerprint density at radius 2 is 1.43 bits per heavy atom. The van der Waals surface area contributed by atoms with Crippen LogP contribution in [0.4, 0.5) is 0 Å². The highest BCUT2D eigenvalue weighted by molar-refractivity contribution is 5.12. The Morgan fingerprint density at radius 1 is 1.00 bits per heavy atom. The van der Waals surface area contributed by atoms with E-state index in [2.05, 4.69) is 45.7 Å². The zero-order valence-corrected chi connectivity index (χ0v) is 10.9. The van der Waals surface area contributed by atoms with Gasteiger partial charge in [-0.3, -0.25) is 0 Å². The number of aromatic amines is 1. The molecule has 0 aliphatic rings. The highest BCUT2D eigenvalue weighted by Gasteiger charge is 1.94. The fraction of sp³-hybridized carbons (Fsp3) is 0.692. The molecule has 0 atom stereocenters.